The second-order valence-corrected chi connectivity index (χ2v) is 6.27. The molecule has 2 aliphatic heterocycles. The van der Waals surface area contributed by atoms with E-state index in [4.69, 9.17) is 4.74 Å². The Balaban J connectivity index is 1.42. The highest BCUT2D eigenvalue weighted by Crippen LogP contribution is 2.26. The molecule has 0 bridgehead atoms. The van der Waals surface area contributed by atoms with Crippen LogP contribution in [0.4, 0.5) is 0 Å². The van der Waals surface area contributed by atoms with Crippen LogP contribution < -0.4 is 10.1 Å². The predicted molar refractivity (Wildman–Crippen MR) is 87.2 cm³/mol. The van der Waals surface area contributed by atoms with E-state index < -0.39 is 0 Å². The van der Waals surface area contributed by atoms with Crippen molar-refractivity contribution in [3.63, 3.8) is 0 Å². The van der Waals surface area contributed by atoms with Gasteiger partial charge in [0, 0.05) is 25.4 Å². The lowest BCUT2D eigenvalue weighted by Crippen LogP contribution is -2.40. The van der Waals surface area contributed by atoms with Crippen molar-refractivity contribution in [2.24, 2.45) is 0 Å². The fourth-order valence-corrected chi connectivity index (χ4v) is 3.52. The van der Waals surface area contributed by atoms with Gasteiger partial charge in [0.15, 0.2) is 0 Å². The summed E-state index contributed by atoms with van der Waals surface area (Å²) in [5.41, 5.74) is 2.51. The maximum absolute atomic E-state index is 12.0. The molecule has 1 fully saturated rings. The molecule has 1 aromatic carbocycles. The van der Waals surface area contributed by atoms with E-state index in [1.165, 1.54) is 30.5 Å². The molecule has 0 saturated carbocycles. The molecule has 1 unspecified atom stereocenters. The minimum absolute atomic E-state index is 0.166. The highest BCUT2D eigenvalue weighted by molar-refractivity contribution is 5.76. The normalized spacial score (nSPS) is 20.7. The number of carbonyl (C=O) groups excluding carboxylic acids is 1. The van der Waals surface area contributed by atoms with E-state index >= 15 is 0 Å². The second kappa shape index (κ2) is 7.14. The Morgan fingerprint density at radius 2 is 2.36 bits per heavy atom. The molecule has 0 aromatic heterocycles. The van der Waals surface area contributed by atoms with Crippen molar-refractivity contribution in [3.8, 4) is 5.75 Å². The Morgan fingerprint density at radius 3 is 3.23 bits per heavy atom. The van der Waals surface area contributed by atoms with E-state index in [1.54, 1.807) is 0 Å². The summed E-state index contributed by atoms with van der Waals surface area (Å²) in [5.74, 6) is 1.17. The van der Waals surface area contributed by atoms with E-state index in [-0.39, 0.29) is 5.91 Å². The lowest BCUT2D eigenvalue weighted by molar-refractivity contribution is -0.121. The van der Waals surface area contributed by atoms with Gasteiger partial charge in [-0.25, -0.2) is 0 Å². The van der Waals surface area contributed by atoms with Gasteiger partial charge in [-0.1, -0.05) is 19.1 Å². The molecule has 2 heterocycles. The quantitative estimate of drug-likeness (QED) is 0.875. The van der Waals surface area contributed by atoms with Crippen LogP contribution >= 0.6 is 0 Å². The third kappa shape index (κ3) is 3.61. The number of likely N-dealkylation sites (tertiary alicyclic amines) is 1. The van der Waals surface area contributed by atoms with Crippen LogP contribution in [-0.2, 0) is 17.6 Å². The van der Waals surface area contributed by atoms with Crippen LogP contribution in [0.25, 0.3) is 0 Å². The minimum Gasteiger partial charge on any atom is -0.493 e. The number of rotatable bonds is 6. The highest BCUT2D eigenvalue weighted by Gasteiger charge is 2.23. The number of carbonyl (C=O) groups is 1. The summed E-state index contributed by atoms with van der Waals surface area (Å²) in [7, 11) is 0. The predicted octanol–water partition coefficient (Wildman–Crippen LogP) is 2.15. The zero-order chi connectivity index (χ0) is 15.4. The first-order valence-corrected chi connectivity index (χ1v) is 8.51. The third-order valence-corrected chi connectivity index (χ3v) is 4.83. The summed E-state index contributed by atoms with van der Waals surface area (Å²) in [6.45, 7) is 6.03. The third-order valence-electron chi connectivity index (χ3n) is 4.83. The van der Waals surface area contributed by atoms with Crippen LogP contribution in [0.5, 0.6) is 5.75 Å². The van der Waals surface area contributed by atoms with Crippen molar-refractivity contribution in [3.05, 3.63) is 29.3 Å². The molecule has 0 aliphatic carbocycles. The summed E-state index contributed by atoms with van der Waals surface area (Å²) in [4.78, 5) is 14.5. The Kier molecular flexibility index (Phi) is 4.98. The zero-order valence-corrected chi connectivity index (χ0v) is 13.4. The molecule has 1 N–H and O–H groups in total. The maximum atomic E-state index is 12.0. The smallest absolute Gasteiger partial charge is 0.220 e. The van der Waals surface area contributed by atoms with E-state index in [9.17, 15) is 4.79 Å². The topological polar surface area (TPSA) is 41.6 Å². The second-order valence-electron chi connectivity index (χ2n) is 6.27. The van der Waals surface area contributed by atoms with Gasteiger partial charge in [-0.3, -0.25) is 9.69 Å². The lowest BCUT2D eigenvalue weighted by atomic mass is 10.0. The first-order chi connectivity index (χ1) is 10.8. The van der Waals surface area contributed by atoms with Crippen LogP contribution in [0.3, 0.4) is 0 Å². The summed E-state index contributed by atoms with van der Waals surface area (Å²) in [6.07, 6.45) is 4.83. The van der Waals surface area contributed by atoms with Crippen LogP contribution in [0, 0.1) is 0 Å². The summed E-state index contributed by atoms with van der Waals surface area (Å²) >= 11 is 0. The van der Waals surface area contributed by atoms with Gasteiger partial charge in [0.25, 0.3) is 0 Å². The lowest BCUT2D eigenvalue weighted by Gasteiger charge is -2.22. The van der Waals surface area contributed by atoms with Gasteiger partial charge in [0.05, 0.1) is 6.61 Å². The first kappa shape index (κ1) is 15.3. The minimum atomic E-state index is 0.166. The molecule has 0 radical (unpaired) electrons. The number of fused-ring (bicyclic) bond motifs is 1. The number of aryl methyl sites for hydroxylation is 1. The monoisotopic (exact) mass is 302 g/mol. The molecule has 1 saturated heterocycles. The van der Waals surface area contributed by atoms with Gasteiger partial charge in [-0.2, -0.15) is 0 Å². The SMILES string of the molecule is CCN1CCCC1CNC(=O)CCc1ccc2c(c1)CCO2. The molecule has 0 spiro atoms. The van der Waals surface area contributed by atoms with Crippen LogP contribution in [0.2, 0.25) is 0 Å². The molecule has 22 heavy (non-hydrogen) atoms. The first-order valence-electron chi connectivity index (χ1n) is 8.51. The molecule has 120 valence electrons. The van der Waals surface area contributed by atoms with Crippen molar-refractivity contribution < 1.29 is 9.53 Å². The fourth-order valence-electron chi connectivity index (χ4n) is 3.52. The van der Waals surface area contributed by atoms with E-state index in [0.717, 1.165) is 38.3 Å². The Labute approximate surface area is 132 Å². The zero-order valence-electron chi connectivity index (χ0n) is 13.4. The standard InChI is InChI=1S/C18H26N2O2/c1-2-20-10-3-4-16(20)13-19-18(21)8-6-14-5-7-17-15(12-14)9-11-22-17/h5,7,12,16H,2-4,6,8-11,13H2,1H3,(H,19,21). The molecule has 3 rings (SSSR count). The van der Waals surface area contributed by atoms with Gasteiger partial charge in [0.1, 0.15) is 5.75 Å². The van der Waals surface area contributed by atoms with Crippen molar-refractivity contribution in [2.45, 2.75) is 45.1 Å². The number of hydrogen-bond acceptors (Lipinski definition) is 3. The van der Waals surface area contributed by atoms with Crippen LogP contribution in [0.1, 0.15) is 37.3 Å². The number of nitrogens with zero attached hydrogens (tertiary/aromatic N) is 1. The molecule has 1 amide bonds. The Bertz CT molecular complexity index is 530. The molecule has 4 nitrogen and oxygen atoms in total. The molecule has 1 atom stereocenters. The van der Waals surface area contributed by atoms with Crippen molar-refractivity contribution >= 4 is 5.91 Å². The van der Waals surface area contributed by atoms with Crippen LogP contribution in [-0.4, -0.2) is 43.1 Å². The maximum Gasteiger partial charge on any atom is 0.220 e. The highest BCUT2D eigenvalue weighted by atomic mass is 16.5. The van der Waals surface area contributed by atoms with Crippen LogP contribution in [0.15, 0.2) is 18.2 Å². The van der Waals surface area contributed by atoms with Gasteiger partial charge >= 0.3 is 0 Å². The number of likely N-dealkylation sites (N-methyl/N-ethyl adjacent to an activating group) is 1. The van der Waals surface area contributed by atoms with Gasteiger partial charge in [-0.05, 0) is 49.5 Å². The van der Waals surface area contributed by atoms with E-state index in [1.807, 2.05) is 6.07 Å². The van der Waals surface area contributed by atoms with Crippen molar-refractivity contribution in [1.82, 2.24) is 10.2 Å². The average molecular weight is 302 g/mol. The molecular weight excluding hydrogens is 276 g/mol. The van der Waals surface area contributed by atoms with Gasteiger partial charge in [0.2, 0.25) is 5.91 Å². The average Bonchev–Trinajstić information content (AvgIpc) is 3.18. The van der Waals surface area contributed by atoms with Gasteiger partial charge < -0.3 is 10.1 Å². The van der Waals surface area contributed by atoms with E-state index in [2.05, 4.69) is 29.3 Å². The van der Waals surface area contributed by atoms with Crippen molar-refractivity contribution in [1.29, 1.82) is 0 Å². The Morgan fingerprint density at radius 1 is 1.45 bits per heavy atom. The molecular formula is C18H26N2O2. The number of ether oxygens (including phenoxy) is 1. The largest absolute Gasteiger partial charge is 0.493 e. The number of benzene rings is 1. The van der Waals surface area contributed by atoms with Crippen molar-refractivity contribution in [2.75, 3.05) is 26.2 Å². The number of nitrogens with one attached hydrogen (secondary N) is 1. The summed E-state index contributed by atoms with van der Waals surface area (Å²) < 4.78 is 5.51. The molecule has 2 aliphatic rings. The Hall–Kier alpha value is -1.55. The van der Waals surface area contributed by atoms with Gasteiger partial charge in [-0.15, -0.1) is 0 Å². The number of amides is 1. The van der Waals surface area contributed by atoms with E-state index in [0.29, 0.717) is 12.5 Å². The molecule has 1 aromatic rings. The fraction of sp³-hybridized carbons (Fsp3) is 0.611. The summed E-state index contributed by atoms with van der Waals surface area (Å²) in [5, 5.41) is 3.11. The number of hydrogen-bond donors (Lipinski definition) is 1. The summed E-state index contributed by atoms with van der Waals surface area (Å²) in [6, 6.07) is 6.83. The molecule has 4 heteroatoms.